The van der Waals surface area contributed by atoms with Crippen LogP contribution in [-0.2, 0) is 16.2 Å². The number of carbonyl (C=O) groups excluding carboxylic acids is 3. The van der Waals surface area contributed by atoms with E-state index in [-0.39, 0.29) is 44.9 Å². The molecular formula is C26H19Cl2N3O7. The number of nitro groups is 1. The fraction of sp³-hybridized carbons (Fsp3) is 0.115. The van der Waals surface area contributed by atoms with Gasteiger partial charge in [-0.1, -0.05) is 23.2 Å². The van der Waals surface area contributed by atoms with Gasteiger partial charge in [-0.3, -0.25) is 25.0 Å². The zero-order valence-electron chi connectivity index (χ0n) is 19.8. The molecule has 0 spiro atoms. The van der Waals surface area contributed by atoms with Crippen molar-refractivity contribution < 1.29 is 28.8 Å². The first-order chi connectivity index (χ1) is 18.2. The minimum atomic E-state index is -0.903. The van der Waals surface area contributed by atoms with E-state index < -0.39 is 22.8 Å². The summed E-state index contributed by atoms with van der Waals surface area (Å²) >= 11 is 12.5. The van der Waals surface area contributed by atoms with E-state index >= 15 is 0 Å². The smallest absolute Gasteiger partial charge is 0.335 e. The number of halogens is 2. The molecule has 1 saturated heterocycles. The van der Waals surface area contributed by atoms with E-state index in [1.807, 2.05) is 6.92 Å². The number of anilines is 1. The Balaban J connectivity index is 1.65. The quantitative estimate of drug-likeness (QED) is 0.167. The fourth-order valence-corrected chi connectivity index (χ4v) is 4.18. The van der Waals surface area contributed by atoms with E-state index in [1.165, 1.54) is 54.6 Å². The molecule has 0 bridgehead atoms. The maximum absolute atomic E-state index is 13.3. The molecule has 0 aliphatic carbocycles. The monoisotopic (exact) mass is 555 g/mol. The molecule has 0 unspecified atom stereocenters. The molecule has 1 fully saturated rings. The summed E-state index contributed by atoms with van der Waals surface area (Å²) in [5, 5.41) is 13.4. The van der Waals surface area contributed by atoms with Gasteiger partial charge in [0.1, 0.15) is 23.7 Å². The van der Waals surface area contributed by atoms with Crippen molar-refractivity contribution in [1.82, 2.24) is 5.32 Å². The Bertz CT molecular complexity index is 1450. The lowest BCUT2D eigenvalue weighted by Crippen LogP contribution is -2.54. The van der Waals surface area contributed by atoms with Crippen LogP contribution in [-0.4, -0.2) is 29.4 Å². The van der Waals surface area contributed by atoms with Crippen molar-refractivity contribution in [2.45, 2.75) is 13.5 Å². The third kappa shape index (κ3) is 5.77. The Morgan fingerprint density at radius 1 is 1.00 bits per heavy atom. The summed E-state index contributed by atoms with van der Waals surface area (Å²) in [6, 6.07) is 13.9. The average molecular weight is 556 g/mol. The first-order valence-corrected chi connectivity index (χ1v) is 11.9. The van der Waals surface area contributed by atoms with Crippen LogP contribution in [0.3, 0.4) is 0 Å². The lowest BCUT2D eigenvalue weighted by atomic mass is 10.1. The third-order valence-electron chi connectivity index (χ3n) is 5.37. The summed E-state index contributed by atoms with van der Waals surface area (Å²) in [6.45, 7) is 2.25. The number of non-ortho nitro benzene ring substituents is 1. The Kier molecular flexibility index (Phi) is 7.94. The number of imide groups is 2. The van der Waals surface area contributed by atoms with E-state index in [0.717, 1.165) is 4.90 Å². The van der Waals surface area contributed by atoms with Gasteiger partial charge in [-0.25, -0.2) is 9.69 Å². The number of ether oxygens (including phenoxy) is 2. The molecule has 10 nitrogen and oxygen atoms in total. The summed E-state index contributed by atoms with van der Waals surface area (Å²) in [4.78, 5) is 49.7. The number of barbiturate groups is 1. The van der Waals surface area contributed by atoms with Crippen molar-refractivity contribution in [2.75, 3.05) is 11.5 Å². The van der Waals surface area contributed by atoms with Crippen LogP contribution in [0.25, 0.3) is 6.08 Å². The van der Waals surface area contributed by atoms with Gasteiger partial charge in [-0.05, 0) is 67.1 Å². The molecule has 4 amide bonds. The number of nitrogens with one attached hydrogen (secondary N) is 1. The molecule has 1 heterocycles. The van der Waals surface area contributed by atoms with Crippen LogP contribution < -0.4 is 19.7 Å². The van der Waals surface area contributed by atoms with Gasteiger partial charge in [0.25, 0.3) is 17.5 Å². The lowest BCUT2D eigenvalue weighted by Gasteiger charge is -2.26. The van der Waals surface area contributed by atoms with E-state index in [4.69, 9.17) is 32.7 Å². The second-order valence-corrected chi connectivity index (χ2v) is 8.75. The molecule has 0 radical (unpaired) electrons. The predicted molar refractivity (Wildman–Crippen MR) is 141 cm³/mol. The zero-order valence-corrected chi connectivity index (χ0v) is 21.3. The van der Waals surface area contributed by atoms with Gasteiger partial charge >= 0.3 is 6.03 Å². The van der Waals surface area contributed by atoms with Crippen LogP contribution in [0, 0.1) is 10.1 Å². The summed E-state index contributed by atoms with van der Waals surface area (Å²) in [5.74, 6) is -1.09. The van der Waals surface area contributed by atoms with Crippen molar-refractivity contribution in [3.8, 4) is 11.5 Å². The van der Waals surface area contributed by atoms with E-state index in [9.17, 15) is 24.5 Å². The maximum atomic E-state index is 13.3. The molecule has 1 aliphatic heterocycles. The van der Waals surface area contributed by atoms with E-state index in [2.05, 4.69) is 5.32 Å². The minimum absolute atomic E-state index is 0.0214. The standard InChI is InChI=1S/C26H19Cl2N3O7/c1-2-37-20-9-7-18(8-10-20)30-25(33)21(24(32)29-26(30)34)12-16-11-17(27)13-22(28)23(16)38-14-15-3-5-19(6-4-15)31(35)36/h3-13H,2,14H2,1H3,(H,29,32,34)/b21-12+. The number of hydrogen-bond acceptors (Lipinski definition) is 7. The number of rotatable bonds is 8. The average Bonchev–Trinajstić information content (AvgIpc) is 2.87. The highest BCUT2D eigenvalue weighted by molar-refractivity contribution is 6.40. The first-order valence-electron chi connectivity index (χ1n) is 11.2. The van der Waals surface area contributed by atoms with Gasteiger partial charge < -0.3 is 9.47 Å². The van der Waals surface area contributed by atoms with Gasteiger partial charge in [-0.2, -0.15) is 0 Å². The number of urea groups is 1. The van der Waals surface area contributed by atoms with Crippen LogP contribution >= 0.6 is 23.2 Å². The molecule has 3 aromatic carbocycles. The number of amides is 4. The molecule has 38 heavy (non-hydrogen) atoms. The predicted octanol–water partition coefficient (Wildman–Crippen LogP) is 5.55. The van der Waals surface area contributed by atoms with Crippen molar-refractivity contribution in [3.05, 3.63) is 97.5 Å². The number of carbonyl (C=O) groups is 3. The Morgan fingerprint density at radius 3 is 2.32 bits per heavy atom. The molecule has 12 heteroatoms. The molecule has 4 rings (SSSR count). The van der Waals surface area contributed by atoms with Crippen molar-refractivity contribution in [3.63, 3.8) is 0 Å². The van der Waals surface area contributed by atoms with E-state index in [1.54, 1.807) is 12.1 Å². The second-order valence-electron chi connectivity index (χ2n) is 7.90. The topological polar surface area (TPSA) is 128 Å². The van der Waals surface area contributed by atoms with Gasteiger partial charge in [0, 0.05) is 22.7 Å². The van der Waals surface area contributed by atoms with Gasteiger partial charge in [0.05, 0.1) is 22.2 Å². The third-order valence-corrected chi connectivity index (χ3v) is 5.87. The van der Waals surface area contributed by atoms with Crippen LogP contribution in [0.5, 0.6) is 11.5 Å². The van der Waals surface area contributed by atoms with E-state index in [0.29, 0.717) is 17.9 Å². The highest BCUT2D eigenvalue weighted by Crippen LogP contribution is 2.35. The number of benzene rings is 3. The molecule has 3 aromatic rings. The van der Waals surface area contributed by atoms with Crippen LogP contribution in [0.1, 0.15) is 18.1 Å². The van der Waals surface area contributed by atoms with Gasteiger partial charge in [0.15, 0.2) is 0 Å². The second kappa shape index (κ2) is 11.3. The van der Waals surface area contributed by atoms with Crippen LogP contribution in [0.2, 0.25) is 10.0 Å². The molecule has 1 N–H and O–H groups in total. The van der Waals surface area contributed by atoms with Crippen LogP contribution in [0.4, 0.5) is 16.2 Å². The molecule has 1 aliphatic rings. The SMILES string of the molecule is CCOc1ccc(N2C(=O)NC(=O)/C(=C\c3cc(Cl)cc(Cl)c3OCc3ccc([N+](=O)[O-])cc3)C2=O)cc1. The summed E-state index contributed by atoms with van der Waals surface area (Å²) in [7, 11) is 0. The first kappa shape index (κ1) is 26.6. The summed E-state index contributed by atoms with van der Waals surface area (Å²) < 4.78 is 11.2. The highest BCUT2D eigenvalue weighted by atomic mass is 35.5. The summed E-state index contributed by atoms with van der Waals surface area (Å²) in [6.07, 6.45) is 1.23. The zero-order chi connectivity index (χ0) is 27.4. The number of nitro benzene ring substituents is 1. The fourth-order valence-electron chi connectivity index (χ4n) is 3.61. The number of hydrogen-bond donors (Lipinski definition) is 1. The van der Waals surface area contributed by atoms with Crippen LogP contribution in [0.15, 0.2) is 66.2 Å². The lowest BCUT2D eigenvalue weighted by molar-refractivity contribution is -0.384. The van der Waals surface area contributed by atoms with Gasteiger partial charge in [-0.15, -0.1) is 0 Å². The molecule has 0 saturated carbocycles. The molecule has 0 atom stereocenters. The maximum Gasteiger partial charge on any atom is 0.335 e. The summed E-state index contributed by atoms with van der Waals surface area (Å²) in [5.41, 5.74) is 0.630. The Morgan fingerprint density at radius 2 is 1.68 bits per heavy atom. The number of nitrogens with zero attached hydrogens (tertiary/aromatic N) is 2. The molecular weight excluding hydrogens is 537 g/mol. The van der Waals surface area contributed by atoms with Crippen molar-refractivity contribution >= 4 is 58.5 Å². The highest BCUT2D eigenvalue weighted by Gasteiger charge is 2.37. The largest absolute Gasteiger partial charge is 0.494 e. The Hall–Kier alpha value is -4.41. The van der Waals surface area contributed by atoms with Crippen molar-refractivity contribution in [2.24, 2.45) is 0 Å². The molecule has 0 aromatic heterocycles. The Labute approximate surface area is 226 Å². The normalized spacial score (nSPS) is 14.4. The minimum Gasteiger partial charge on any atom is -0.494 e. The van der Waals surface area contributed by atoms with Gasteiger partial charge in [0.2, 0.25) is 0 Å². The molecule has 194 valence electrons. The van der Waals surface area contributed by atoms with Crippen molar-refractivity contribution in [1.29, 1.82) is 0 Å².